The zero-order chi connectivity index (χ0) is 15.5. The van der Waals surface area contributed by atoms with Gasteiger partial charge in [0.15, 0.2) is 11.8 Å². The molecule has 7 heteroatoms. The summed E-state index contributed by atoms with van der Waals surface area (Å²) in [6, 6.07) is 1.64. The molecule has 1 N–H and O–H groups in total. The summed E-state index contributed by atoms with van der Waals surface area (Å²) in [7, 11) is 0. The van der Waals surface area contributed by atoms with Crippen molar-refractivity contribution in [1.82, 2.24) is 0 Å². The smallest absolute Gasteiger partial charge is 0.348 e. The van der Waals surface area contributed by atoms with Crippen LogP contribution in [0.4, 0.5) is 0 Å². The fraction of sp³-hybridized carbons (Fsp3) is 0.538. The van der Waals surface area contributed by atoms with Gasteiger partial charge in [-0.05, 0) is 26.8 Å². The minimum atomic E-state index is -1.24. The minimum absolute atomic E-state index is 0.102. The van der Waals surface area contributed by atoms with E-state index >= 15 is 0 Å². The van der Waals surface area contributed by atoms with E-state index in [1.54, 1.807) is 26.8 Å². The predicted molar refractivity (Wildman–Crippen MR) is 69.8 cm³/mol. The number of nitriles is 1. The van der Waals surface area contributed by atoms with Gasteiger partial charge < -0.3 is 14.2 Å². The number of carbonyl (C=O) groups excluding carboxylic acids is 2. The van der Waals surface area contributed by atoms with E-state index in [-0.39, 0.29) is 31.3 Å². The second-order valence-electron chi connectivity index (χ2n) is 3.44. The van der Waals surface area contributed by atoms with Crippen LogP contribution in [-0.2, 0) is 23.8 Å². The SMILES string of the molecule is CCOC(=N)C(/C=C(\C#N)C(=O)OCC)C(=O)OCC. The van der Waals surface area contributed by atoms with Crippen molar-refractivity contribution in [1.29, 1.82) is 10.7 Å². The molecule has 0 radical (unpaired) electrons. The van der Waals surface area contributed by atoms with Gasteiger partial charge in [-0.15, -0.1) is 0 Å². The van der Waals surface area contributed by atoms with Crippen molar-refractivity contribution in [2.45, 2.75) is 20.8 Å². The lowest BCUT2D eigenvalue weighted by atomic mass is 10.1. The van der Waals surface area contributed by atoms with Crippen LogP contribution < -0.4 is 0 Å². The lowest BCUT2D eigenvalue weighted by molar-refractivity contribution is -0.144. The van der Waals surface area contributed by atoms with Crippen LogP contribution >= 0.6 is 0 Å². The van der Waals surface area contributed by atoms with Gasteiger partial charge in [0, 0.05) is 0 Å². The Morgan fingerprint density at radius 3 is 2.15 bits per heavy atom. The number of hydrogen-bond acceptors (Lipinski definition) is 7. The van der Waals surface area contributed by atoms with Gasteiger partial charge in [-0.1, -0.05) is 0 Å². The van der Waals surface area contributed by atoms with Crippen molar-refractivity contribution < 1.29 is 23.8 Å². The van der Waals surface area contributed by atoms with Gasteiger partial charge in [0.1, 0.15) is 11.6 Å². The maximum absolute atomic E-state index is 11.7. The van der Waals surface area contributed by atoms with E-state index in [1.165, 1.54) is 0 Å². The first-order chi connectivity index (χ1) is 9.51. The van der Waals surface area contributed by atoms with Crippen LogP contribution in [-0.4, -0.2) is 37.7 Å². The largest absolute Gasteiger partial charge is 0.481 e. The summed E-state index contributed by atoms with van der Waals surface area (Å²) in [4.78, 5) is 23.2. The number of esters is 2. The molecular weight excluding hydrogens is 264 g/mol. The zero-order valence-corrected chi connectivity index (χ0v) is 11.8. The molecule has 1 unspecified atom stereocenters. The molecule has 0 aliphatic heterocycles. The third-order valence-electron chi connectivity index (χ3n) is 2.07. The monoisotopic (exact) mass is 282 g/mol. The quantitative estimate of drug-likeness (QED) is 0.247. The maximum atomic E-state index is 11.7. The van der Waals surface area contributed by atoms with E-state index in [0.29, 0.717) is 0 Å². The normalized spacial score (nSPS) is 12.0. The van der Waals surface area contributed by atoms with Gasteiger partial charge in [0.05, 0.1) is 19.8 Å². The molecule has 0 saturated heterocycles. The molecule has 0 aromatic carbocycles. The molecule has 1 atom stereocenters. The average Bonchev–Trinajstić information content (AvgIpc) is 2.40. The van der Waals surface area contributed by atoms with E-state index in [2.05, 4.69) is 4.74 Å². The Morgan fingerprint density at radius 2 is 1.70 bits per heavy atom. The van der Waals surface area contributed by atoms with E-state index in [0.717, 1.165) is 6.08 Å². The Bertz CT molecular complexity index is 419. The Kier molecular flexibility index (Phi) is 8.43. The number of nitrogens with one attached hydrogen (secondary N) is 1. The number of nitrogens with zero attached hydrogens (tertiary/aromatic N) is 1. The Morgan fingerprint density at radius 1 is 1.15 bits per heavy atom. The molecular formula is C13H18N2O5. The highest BCUT2D eigenvalue weighted by atomic mass is 16.5. The first kappa shape index (κ1) is 17.6. The summed E-state index contributed by atoms with van der Waals surface area (Å²) in [6.45, 7) is 5.26. The fourth-order valence-electron chi connectivity index (χ4n) is 1.25. The Hall–Kier alpha value is -2.36. The van der Waals surface area contributed by atoms with Crippen molar-refractivity contribution in [2.24, 2.45) is 5.92 Å². The molecule has 110 valence electrons. The minimum Gasteiger partial charge on any atom is -0.481 e. The molecule has 0 amide bonds. The highest BCUT2D eigenvalue weighted by Gasteiger charge is 2.26. The van der Waals surface area contributed by atoms with Crippen molar-refractivity contribution in [3.05, 3.63) is 11.6 Å². The van der Waals surface area contributed by atoms with Gasteiger partial charge in [-0.3, -0.25) is 10.2 Å². The zero-order valence-electron chi connectivity index (χ0n) is 11.8. The summed E-state index contributed by atoms with van der Waals surface area (Å²) >= 11 is 0. The number of ether oxygens (including phenoxy) is 3. The summed E-state index contributed by atoms with van der Waals surface area (Å²) < 4.78 is 14.4. The molecule has 0 spiro atoms. The molecule has 0 fully saturated rings. The first-order valence-corrected chi connectivity index (χ1v) is 6.18. The molecule has 20 heavy (non-hydrogen) atoms. The number of hydrogen-bond donors (Lipinski definition) is 1. The number of rotatable bonds is 7. The molecule has 0 aromatic heterocycles. The van der Waals surface area contributed by atoms with Crippen LogP contribution in [0.2, 0.25) is 0 Å². The lowest BCUT2D eigenvalue weighted by Crippen LogP contribution is -2.27. The molecule has 0 heterocycles. The van der Waals surface area contributed by atoms with Crippen molar-refractivity contribution >= 4 is 17.8 Å². The van der Waals surface area contributed by atoms with Crippen molar-refractivity contribution in [2.75, 3.05) is 19.8 Å². The fourth-order valence-corrected chi connectivity index (χ4v) is 1.25. The summed E-state index contributed by atoms with van der Waals surface area (Å²) in [5.74, 6) is -3.24. The van der Waals surface area contributed by atoms with E-state index in [9.17, 15) is 9.59 Å². The van der Waals surface area contributed by atoms with Crippen LogP contribution in [0.3, 0.4) is 0 Å². The van der Waals surface area contributed by atoms with Crippen LogP contribution in [0.25, 0.3) is 0 Å². The maximum Gasteiger partial charge on any atom is 0.348 e. The van der Waals surface area contributed by atoms with Gasteiger partial charge in [-0.25, -0.2) is 4.79 Å². The van der Waals surface area contributed by atoms with Gasteiger partial charge in [0.2, 0.25) is 0 Å². The molecule has 0 bridgehead atoms. The van der Waals surface area contributed by atoms with E-state index in [1.807, 2.05) is 0 Å². The molecule has 0 aliphatic carbocycles. The second kappa shape index (κ2) is 9.55. The highest BCUT2D eigenvalue weighted by Crippen LogP contribution is 2.11. The Labute approximate surface area is 117 Å². The van der Waals surface area contributed by atoms with E-state index in [4.69, 9.17) is 20.1 Å². The molecule has 7 nitrogen and oxygen atoms in total. The van der Waals surface area contributed by atoms with Crippen molar-refractivity contribution in [3.63, 3.8) is 0 Å². The summed E-state index contributed by atoms with van der Waals surface area (Å²) in [6.07, 6.45) is 1.02. The number of carbonyl (C=O) groups is 2. The van der Waals surface area contributed by atoms with Crippen molar-refractivity contribution in [3.8, 4) is 6.07 Å². The standard InChI is InChI=1S/C13H18N2O5/c1-4-18-11(15)10(13(17)20-6-3)7-9(8-14)12(16)19-5-2/h7,10,15H,4-6H2,1-3H3/b9-7+,15-11?. The van der Waals surface area contributed by atoms with Gasteiger partial charge >= 0.3 is 11.9 Å². The molecule has 0 saturated carbocycles. The van der Waals surface area contributed by atoms with Crippen LogP contribution in [0.5, 0.6) is 0 Å². The van der Waals surface area contributed by atoms with Crippen LogP contribution in [0.1, 0.15) is 20.8 Å². The first-order valence-electron chi connectivity index (χ1n) is 6.18. The van der Waals surface area contributed by atoms with Crippen LogP contribution in [0, 0.1) is 22.7 Å². The Balaban J connectivity index is 5.30. The second-order valence-corrected chi connectivity index (χ2v) is 3.44. The molecule has 0 aromatic rings. The average molecular weight is 282 g/mol. The van der Waals surface area contributed by atoms with Gasteiger partial charge in [0.25, 0.3) is 0 Å². The summed E-state index contributed by atoms with van der Waals surface area (Å²) in [5, 5.41) is 16.5. The topological polar surface area (TPSA) is 109 Å². The predicted octanol–water partition coefficient (Wildman–Crippen LogP) is 1.19. The van der Waals surface area contributed by atoms with Crippen LogP contribution in [0.15, 0.2) is 11.6 Å². The van der Waals surface area contributed by atoms with E-state index < -0.39 is 17.9 Å². The van der Waals surface area contributed by atoms with Gasteiger partial charge in [-0.2, -0.15) is 5.26 Å². The highest BCUT2D eigenvalue weighted by molar-refractivity contribution is 6.01. The molecule has 0 rings (SSSR count). The molecule has 0 aliphatic rings. The summed E-state index contributed by atoms with van der Waals surface area (Å²) in [5.41, 5.74) is -0.366. The third kappa shape index (κ3) is 5.52. The third-order valence-corrected chi connectivity index (χ3v) is 2.07. The lowest BCUT2D eigenvalue weighted by Gasteiger charge is -2.13.